The smallest absolute Gasteiger partial charge is 0.227 e. The van der Waals surface area contributed by atoms with Crippen LogP contribution in [0.5, 0.6) is 0 Å². The molecule has 1 aliphatic carbocycles. The Labute approximate surface area is 170 Å². The fraction of sp³-hybridized carbons (Fsp3) is 0.652. The molecule has 2 rings (SSSR count). The molecular formula is C23H37N3O2. The molecule has 2 amide bonds. The van der Waals surface area contributed by atoms with E-state index in [0.29, 0.717) is 6.54 Å². The lowest BCUT2D eigenvalue weighted by Crippen LogP contribution is -2.40. The molecule has 1 saturated carbocycles. The number of amides is 2. The van der Waals surface area contributed by atoms with Gasteiger partial charge in [-0.05, 0) is 63.3 Å². The summed E-state index contributed by atoms with van der Waals surface area (Å²) in [6.07, 6.45) is 4.83. The summed E-state index contributed by atoms with van der Waals surface area (Å²) >= 11 is 0. The summed E-state index contributed by atoms with van der Waals surface area (Å²) in [6, 6.07) is 6.14. The number of hydrogen-bond donors (Lipinski definition) is 1. The molecule has 1 aromatic carbocycles. The molecule has 0 atom stereocenters. The first kappa shape index (κ1) is 22.3. The van der Waals surface area contributed by atoms with Gasteiger partial charge in [-0.25, -0.2) is 0 Å². The minimum atomic E-state index is 0.0618. The summed E-state index contributed by atoms with van der Waals surface area (Å²) in [5.74, 6) is 0.546. The van der Waals surface area contributed by atoms with Crippen LogP contribution in [0.25, 0.3) is 0 Å². The summed E-state index contributed by atoms with van der Waals surface area (Å²) in [6.45, 7) is 8.84. The van der Waals surface area contributed by atoms with Crippen molar-refractivity contribution < 1.29 is 9.59 Å². The van der Waals surface area contributed by atoms with Crippen molar-refractivity contribution in [3.8, 4) is 0 Å². The largest absolute Gasteiger partial charge is 0.377 e. The van der Waals surface area contributed by atoms with E-state index in [1.165, 1.54) is 0 Å². The van der Waals surface area contributed by atoms with Crippen LogP contribution in [0.2, 0.25) is 0 Å². The highest BCUT2D eigenvalue weighted by atomic mass is 16.2. The second-order valence-corrected chi connectivity index (χ2v) is 8.43. The Morgan fingerprint density at radius 2 is 1.79 bits per heavy atom. The Morgan fingerprint density at radius 3 is 2.25 bits per heavy atom. The van der Waals surface area contributed by atoms with E-state index in [1.54, 1.807) is 0 Å². The van der Waals surface area contributed by atoms with Crippen LogP contribution in [0.1, 0.15) is 65.4 Å². The minimum Gasteiger partial charge on any atom is -0.377 e. The molecule has 0 unspecified atom stereocenters. The van der Waals surface area contributed by atoms with Crippen molar-refractivity contribution >= 4 is 23.2 Å². The molecule has 5 nitrogen and oxygen atoms in total. The van der Waals surface area contributed by atoms with Gasteiger partial charge in [-0.1, -0.05) is 20.3 Å². The standard InChI is InChI=1S/C23H37N3O2/c1-7-17(8-2)23(28)26(16(3)4)15-19-14-20(12-13-21(19)25(5)6)24-22(27)18-10-9-11-18/h12-14,16-18H,7-11,15H2,1-6H3,(H,24,27). The summed E-state index contributed by atoms with van der Waals surface area (Å²) in [4.78, 5) is 29.5. The Morgan fingerprint density at radius 1 is 1.14 bits per heavy atom. The molecule has 28 heavy (non-hydrogen) atoms. The van der Waals surface area contributed by atoms with Crippen LogP contribution in [-0.2, 0) is 16.1 Å². The highest BCUT2D eigenvalue weighted by Crippen LogP contribution is 2.30. The van der Waals surface area contributed by atoms with E-state index in [-0.39, 0.29) is 29.7 Å². The van der Waals surface area contributed by atoms with Gasteiger partial charge in [0.1, 0.15) is 0 Å². The number of anilines is 2. The van der Waals surface area contributed by atoms with Crippen LogP contribution >= 0.6 is 0 Å². The topological polar surface area (TPSA) is 52.7 Å². The fourth-order valence-electron chi connectivity index (χ4n) is 3.71. The summed E-state index contributed by atoms with van der Waals surface area (Å²) in [5.41, 5.74) is 2.95. The number of carbonyl (C=O) groups excluding carboxylic acids is 2. The van der Waals surface area contributed by atoms with Gasteiger partial charge in [0.25, 0.3) is 0 Å². The molecule has 0 bridgehead atoms. The van der Waals surface area contributed by atoms with Crippen LogP contribution in [0.4, 0.5) is 11.4 Å². The number of rotatable bonds is 9. The number of nitrogens with zero attached hydrogens (tertiary/aromatic N) is 2. The maximum atomic E-state index is 13.1. The van der Waals surface area contributed by atoms with Crippen molar-refractivity contribution in [2.45, 2.75) is 72.4 Å². The molecule has 0 spiro atoms. The normalized spacial score (nSPS) is 14.1. The van der Waals surface area contributed by atoms with E-state index in [0.717, 1.165) is 49.0 Å². The lowest BCUT2D eigenvalue weighted by atomic mass is 9.85. The number of benzene rings is 1. The second-order valence-electron chi connectivity index (χ2n) is 8.43. The van der Waals surface area contributed by atoms with Crippen LogP contribution < -0.4 is 10.2 Å². The highest BCUT2D eigenvalue weighted by Gasteiger charge is 2.27. The van der Waals surface area contributed by atoms with Crippen molar-refractivity contribution in [2.24, 2.45) is 11.8 Å². The molecule has 0 radical (unpaired) electrons. The van der Waals surface area contributed by atoms with Gasteiger partial charge in [-0.15, -0.1) is 0 Å². The van der Waals surface area contributed by atoms with Crippen molar-refractivity contribution in [1.29, 1.82) is 0 Å². The Kier molecular flexibility index (Phi) is 7.90. The van der Waals surface area contributed by atoms with Gasteiger partial charge in [0, 0.05) is 49.9 Å². The third kappa shape index (κ3) is 5.27. The van der Waals surface area contributed by atoms with Crippen LogP contribution in [0.15, 0.2) is 18.2 Å². The van der Waals surface area contributed by atoms with Crippen molar-refractivity contribution in [1.82, 2.24) is 4.90 Å². The monoisotopic (exact) mass is 387 g/mol. The van der Waals surface area contributed by atoms with Gasteiger partial charge >= 0.3 is 0 Å². The van der Waals surface area contributed by atoms with E-state index in [1.807, 2.05) is 37.2 Å². The SMILES string of the molecule is CCC(CC)C(=O)N(Cc1cc(NC(=O)C2CCC2)ccc1N(C)C)C(C)C. The minimum absolute atomic E-state index is 0.0618. The van der Waals surface area contributed by atoms with Crippen LogP contribution in [0.3, 0.4) is 0 Å². The average molecular weight is 388 g/mol. The zero-order valence-corrected chi connectivity index (χ0v) is 18.4. The van der Waals surface area contributed by atoms with E-state index in [9.17, 15) is 9.59 Å². The van der Waals surface area contributed by atoms with Crippen molar-refractivity contribution in [3.05, 3.63) is 23.8 Å². The molecule has 1 aromatic rings. The molecule has 1 fully saturated rings. The first-order valence-electron chi connectivity index (χ1n) is 10.7. The lowest BCUT2D eigenvalue weighted by Gasteiger charge is -2.32. The van der Waals surface area contributed by atoms with Crippen LogP contribution in [-0.4, -0.2) is 36.9 Å². The predicted octanol–water partition coefficient (Wildman–Crippen LogP) is 4.66. The van der Waals surface area contributed by atoms with E-state index in [4.69, 9.17) is 0 Å². The highest BCUT2D eigenvalue weighted by molar-refractivity contribution is 5.93. The maximum Gasteiger partial charge on any atom is 0.227 e. The van der Waals surface area contributed by atoms with Gasteiger partial charge < -0.3 is 15.1 Å². The molecular weight excluding hydrogens is 350 g/mol. The van der Waals surface area contributed by atoms with Crippen molar-refractivity contribution in [2.75, 3.05) is 24.3 Å². The lowest BCUT2D eigenvalue weighted by molar-refractivity contribution is -0.138. The zero-order valence-electron chi connectivity index (χ0n) is 18.4. The van der Waals surface area contributed by atoms with E-state index in [2.05, 4.69) is 37.9 Å². The van der Waals surface area contributed by atoms with E-state index < -0.39 is 0 Å². The summed E-state index contributed by atoms with van der Waals surface area (Å²) < 4.78 is 0. The predicted molar refractivity (Wildman–Crippen MR) is 116 cm³/mol. The van der Waals surface area contributed by atoms with Gasteiger partial charge in [-0.3, -0.25) is 9.59 Å². The van der Waals surface area contributed by atoms with Crippen molar-refractivity contribution in [3.63, 3.8) is 0 Å². The molecule has 0 saturated heterocycles. The van der Waals surface area contributed by atoms with Crippen LogP contribution in [0, 0.1) is 11.8 Å². The maximum absolute atomic E-state index is 13.1. The first-order chi connectivity index (χ1) is 13.3. The Bertz CT molecular complexity index is 676. The zero-order chi connectivity index (χ0) is 20.8. The molecule has 1 aliphatic rings. The quantitative estimate of drug-likeness (QED) is 0.670. The average Bonchev–Trinajstić information content (AvgIpc) is 2.58. The Balaban J connectivity index is 2.27. The number of hydrogen-bond acceptors (Lipinski definition) is 3. The third-order valence-corrected chi connectivity index (χ3v) is 5.89. The molecule has 1 N–H and O–H groups in total. The molecule has 5 heteroatoms. The molecule has 0 aromatic heterocycles. The van der Waals surface area contributed by atoms with E-state index >= 15 is 0 Å². The molecule has 156 valence electrons. The summed E-state index contributed by atoms with van der Waals surface area (Å²) in [7, 11) is 4.02. The van der Waals surface area contributed by atoms with Gasteiger partial charge in [0.15, 0.2) is 0 Å². The third-order valence-electron chi connectivity index (χ3n) is 5.89. The summed E-state index contributed by atoms with van der Waals surface area (Å²) in [5, 5.41) is 3.07. The number of carbonyl (C=O) groups is 2. The van der Waals surface area contributed by atoms with Gasteiger partial charge in [-0.2, -0.15) is 0 Å². The molecule has 0 aliphatic heterocycles. The number of nitrogens with one attached hydrogen (secondary N) is 1. The first-order valence-corrected chi connectivity index (χ1v) is 10.7. The fourth-order valence-corrected chi connectivity index (χ4v) is 3.71. The molecule has 0 heterocycles. The van der Waals surface area contributed by atoms with Gasteiger partial charge in [0.2, 0.25) is 11.8 Å². The Hall–Kier alpha value is -2.04. The second kappa shape index (κ2) is 9.94. The van der Waals surface area contributed by atoms with Gasteiger partial charge in [0.05, 0.1) is 0 Å².